The number of nitrogens with zero attached hydrogens (tertiary/aromatic N) is 2. The fourth-order valence-corrected chi connectivity index (χ4v) is 3.48. The second kappa shape index (κ2) is 8.32. The maximum absolute atomic E-state index is 12.6. The van der Waals surface area contributed by atoms with Crippen molar-refractivity contribution in [1.82, 2.24) is 15.2 Å². The van der Waals surface area contributed by atoms with Crippen molar-refractivity contribution in [3.63, 3.8) is 0 Å². The molecule has 0 aliphatic heterocycles. The third-order valence-corrected chi connectivity index (χ3v) is 5.36. The first-order valence-electron chi connectivity index (χ1n) is 8.92. The van der Waals surface area contributed by atoms with Gasteiger partial charge in [-0.1, -0.05) is 74.1 Å². The average Bonchev–Trinajstić information content (AvgIpc) is 3.16. The molecule has 2 aromatic carbocycles. The highest BCUT2D eigenvalue weighted by atomic mass is 32.2. The number of thioether (sulfide) groups is 1. The van der Waals surface area contributed by atoms with Crippen molar-refractivity contribution in [2.24, 2.45) is 0 Å². The highest BCUT2D eigenvalue weighted by Crippen LogP contribution is 2.25. The van der Waals surface area contributed by atoms with Gasteiger partial charge in [0.15, 0.2) is 11.6 Å². The van der Waals surface area contributed by atoms with Crippen molar-refractivity contribution in [3.05, 3.63) is 65.2 Å². The van der Waals surface area contributed by atoms with Gasteiger partial charge in [0.05, 0.1) is 5.25 Å². The van der Waals surface area contributed by atoms with Crippen LogP contribution in [0.4, 0.5) is 0 Å². The minimum Gasteiger partial charge on any atom is -0.293 e. The van der Waals surface area contributed by atoms with E-state index in [2.05, 4.69) is 41.2 Å². The quantitative estimate of drug-likeness (QED) is 0.475. The standard InChI is InChI=1S/C21H23N3OS/c1-4-15-6-10-17(11-7-15)19(25)14(3)26-21-22-20(23-24-21)18-12-8-16(5-2)9-13-18/h6-14H,4-5H2,1-3H3,(H,22,23,24)/t14-/m1/s1. The number of H-pyrrole nitrogens is 1. The third kappa shape index (κ3) is 4.22. The van der Waals surface area contributed by atoms with E-state index in [9.17, 15) is 4.79 Å². The molecule has 0 aliphatic rings. The maximum atomic E-state index is 12.6. The number of carbonyl (C=O) groups excluding carboxylic acids is 1. The van der Waals surface area contributed by atoms with Crippen molar-refractivity contribution in [3.8, 4) is 11.4 Å². The van der Waals surface area contributed by atoms with Gasteiger partial charge in [0, 0.05) is 11.1 Å². The lowest BCUT2D eigenvalue weighted by Gasteiger charge is -2.08. The summed E-state index contributed by atoms with van der Waals surface area (Å²) in [6.45, 7) is 6.13. The number of aromatic nitrogens is 3. The molecule has 0 radical (unpaired) electrons. The number of ketones is 1. The van der Waals surface area contributed by atoms with Crippen LogP contribution >= 0.6 is 11.8 Å². The van der Waals surface area contributed by atoms with E-state index in [0.717, 1.165) is 29.8 Å². The van der Waals surface area contributed by atoms with E-state index in [1.807, 2.05) is 43.3 Å². The number of nitrogens with one attached hydrogen (secondary N) is 1. The Labute approximate surface area is 158 Å². The molecule has 0 unspecified atom stereocenters. The van der Waals surface area contributed by atoms with Gasteiger partial charge < -0.3 is 0 Å². The lowest BCUT2D eigenvalue weighted by Crippen LogP contribution is -2.13. The van der Waals surface area contributed by atoms with Gasteiger partial charge in [-0.15, -0.1) is 5.10 Å². The predicted molar refractivity (Wildman–Crippen MR) is 107 cm³/mol. The Morgan fingerprint density at radius 3 is 2.15 bits per heavy atom. The Bertz CT molecular complexity index is 869. The molecule has 0 saturated carbocycles. The zero-order chi connectivity index (χ0) is 18.5. The van der Waals surface area contributed by atoms with Crippen molar-refractivity contribution < 1.29 is 4.79 Å². The van der Waals surface area contributed by atoms with Crippen LogP contribution in [-0.4, -0.2) is 26.2 Å². The molecule has 0 saturated heterocycles. The van der Waals surface area contributed by atoms with Gasteiger partial charge in [0.25, 0.3) is 0 Å². The normalized spacial score (nSPS) is 12.1. The van der Waals surface area contributed by atoms with Crippen LogP contribution in [0.2, 0.25) is 0 Å². The molecule has 1 heterocycles. The SMILES string of the molecule is CCc1ccc(C(=O)[C@@H](C)Sc2n[nH]c(-c3ccc(CC)cc3)n2)cc1. The first kappa shape index (κ1) is 18.4. The van der Waals surface area contributed by atoms with Gasteiger partial charge in [-0.3, -0.25) is 9.89 Å². The summed E-state index contributed by atoms with van der Waals surface area (Å²) in [6.07, 6.45) is 1.98. The van der Waals surface area contributed by atoms with E-state index in [4.69, 9.17) is 0 Å². The highest BCUT2D eigenvalue weighted by molar-refractivity contribution is 8.00. The van der Waals surface area contributed by atoms with Gasteiger partial charge in [-0.05, 0) is 30.9 Å². The third-order valence-electron chi connectivity index (χ3n) is 4.40. The summed E-state index contributed by atoms with van der Waals surface area (Å²) in [5, 5.41) is 7.57. The Hall–Kier alpha value is -2.40. The summed E-state index contributed by atoms with van der Waals surface area (Å²) < 4.78 is 0. The second-order valence-corrected chi connectivity index (χ2v) is 7.50. The first-order valence-corrected chi connectivity index (χ1v) is 9.80. The summed E-state index contributed by atoms with van der Waals surface area (Å²) in [7, 11) is 0. The fourth-order valence-electron chi connectivity index (χ4n) is 2.68. The van der Waals surface area contributed by atoms with E-state index in [0.29, 0.717) is 5.16 Å². The van der Waals surface area contributed by atoms with Crippen molar-refractivity contribution in [2.75, 3.05) is 0 Å². The zero-order valence-electron chi connectivity index (χ0n) is 15.3. The fraction of sp³-hybridized carbons (Fsp3) is 0.286. The van der Waals surface area contributed by atoms with Crippen LogP contribution in [0.5, 0.6) is 0 Å². The van der Waals surface area contributed by atoms with Crippen LogP contribution in [0.3, 0.4) is 0 Å². The minimum atomic E-state index is -0.242. The molecule has 0 fully saturated rings. The number of benzene rings is 2. The summed E-state index contributed by atoms with van der Waals surface area (Å²) >= 11 is 1.38. The molecule has 0 bridgehead atoms. The van der Waals surface area contributed by atoms with Crippen LogP contribution in [0.15, 0.2) is 53.7 Å². The number of Topliss-reactive ketones (excluding diaryl/α,β-unsaturated/α-hetero) is 1. The van der Waals surface area contributed by atoms with Gasteiger partial charge in [-0.25, -0.2) is 4.98 Å². The topological polar surface area (TPSA) is 58.6 Å². The maximum Gasteiger partial charge on any atom is 0.209 e. The number of aryl methyl sites for hydroxylation is 2. The largest absolute Gasteiger partial charge is 0.293 e. The highest BCUT2D eigenvalue weighted by Gasteiger charge is 2.19. The lowest BCUT2D eigenvalue weighted by molar-refractivity contribution is 0.0994. The number of aromatic amines is 1. The summed E-state index contributed by atoms with van der Waals surface area (Å²) in [4.78, 5) is 17.1. The van der Waals surface area contributed by atoms with Crippen LogP contribution in [-0.2, 0) is 12.8 Å². The molecule has 3 rings (SSSR count). The lowest BCUT2D eigenvalue weighted by atomic mass is 10.1. The molecule has 26 heavy (non-hydrogen) atoms. The Balaban J connectivity index is 1.68. The van der Waals surface area contributed by atoms with Crippen LogP contribution in [0, 0.1) is 0 Å². The predicted octanol–water partition coefficient (Wildman–Crippen LogP) is 4.96. The van der Waals surface area contributed by atoms with Gasteiger partial charge in [-0.2, -0.15) is 0 Å². The molecule has 3 aromatic rings. The molecule has 1 atom stereocenters. The molecule has 134 valence electrons. The molecular formula is C21H23N3OS. The van der Waals surface area contributed by atoms with E-state index in [1.165, 1.54) is 22.9 Å². The molecule has 5 heteroatoms. The summed E-state index contributed by atoms with van der Waals surface area (Å²) in [6, 6.07) is 16.1. The summed E-state index contributed by atoms with van der Waals surface area (Å²) in [5.41, 5.74) is 4.24. The molecule has 1 N–H and O–H groups in total. The van der Waals surface area contributed by atoms with Crippen LogP contribution in [0.1, 0.15) is 42.3 Å². The van der Waals surface area contributed by atoms with Crippen molar-refractivity contribution >= 4 is 17.5 Å². The number of hydrogen-bond donors (Lipinski definition) is 1. The molecule has 0 aliphatic carbocycles. The number of rotatable bonds is 7. The van der Waals surface area contributed by atoms with Crippen LogP contribution < -0.4 is 0 Å². The monoisotopic (exact) mass is 365 g/mol. The molecule has 4 nitrogen and oxygen atoms in total. The Morgan fingerprint density at radius 2 is 1.58 bits per heavy atom. The Kier molecular flexibility index (Phi) is 5.89. The first-order chi connectivity index (χ1) is 12.6. The van der Waals surface area contributed by atoms with Gasteiger partial charge in [0.1, 0.15) is 0 Å². The van der Waals surface area contributed by atoms with E-state index in [1.54, 1.807) is 0 Å². The van der Waals surface area contributed by atoms with Gasteiger partial charge >= 0.3 is 0 Å². The molecule has 0 spiro atoms. The van der Waals surface area contributed by atoms with E-state index < -0.39 is 0 Å². The smallest absolute Gasteiger partial charge is 0.209 e. The Morgan fingerprint density at radius 1 is 1.00 bits per heavy atom. The summed E-state index contributed by atoms with van der Waals surface area (Å²) in [5.74, 6) is 0.818. The average molecular weight is 366 g/mol. The van der Waals surface area contributed by atoms with Crippen molar-refractivity contribution in [1.29, 1.82) is 0 Å². The van der Waals surface area contributed by atoms with Gasteiger partial charge in [0.2, 0.25) is 5.16 Å². The minimum absolute atomic E-state index is 0.0938. The number of hydrogen-bond acceptors (Lipinski definition) is 4. The molecular weight excluding hydrogens is 342 g/mol. The van der Waals surface area contributed by atoms with E-state index in [-0.39, 0.29) is 11.0 Å². The zero-order valence-corrected chi connectivity index (χ0v) is 16.1. The van der Waals surface area contributed by atoms with Crippen LogP contribution in [0.25, 0.3) is 11.4 Å². The number of carbonyl (C=O) groups is 1. The van der Waals surface area contributed by atoms with Crippen molar-refractivity contribution in [2.45, 2.75) is 44.0 Å². The molecule has 0 amide bonds. The molecule has 1 aromatic heterocycles. The second-order valence-electron chi connectivity index (χ2n) is 6.19. The van der Waals surface area contributed by atoms with E-state index >= 15 is 0 Å².